The second kappa shape index (κ2) is 4.49. The van der Waals surface area contributed by atoms with Gasteiger partial charge in [0, 0.05) is 0 Å². The number of nitrogens with one attached hydrogen (secondary N) is 1. The first-order chi connectivity index (χ1) is 7.69. The first-order valence-electron chi connectivity index (χ1n) is 4.87. The Morgan fingerprint density at radius 2 is 2.38 bits per heavy atom. The Morgan fingerprint density at radius 1 is 1.56 bits per heavy atom. The Kier molecular flexibility index (Phi) is 3.05. The van der Waals surface area contributed by atoms with E-state index in [-0.39, 0.29) is 12.5 Å². The molecule has 4 nitrogen and oxygen atoms in total. The Hall–Kier alpha value is -1.62. The quantitative estimate of drug-likeness (QED) is 0.830. The maximum atomic E-state index is 10.9. The number of benzene rings is 1. The number of carbonyl (C=O) groups is 1. The number of aryl methyl sites for hydroxylation is 1. The third-order valence-corrected chi connectivity index (χ3v) is 3.15. The highest BCUT2D eigenvalue weighted by Gasteiger charge is 2.05. The van der Waals surface area contributed by atoms with Crippen LogP contribution in [0.1, 0.15) is 5.56 Å². The summed E-state index contributed by atoms with van der Waals surface area (Å²) in [5, 5.41) is 3.68. The van der Waals surface area contributed by atoms with E-state index < -0.39 is 0 Å². The third-order valence-electron chi connectivity index (χ3n) is 2.15. The van der Waals surface area contributed by atoms with Gasteiger partial charge in [0.1, 0.15) is 6.54 Å². The fourth-order valence-corrected chi connectivity index (χ4v) is 2.17. The molecule has 0 bridgehead atoms. The Bertz CT molecular complexity index is 522. The van der Waals surface area contributed by atoms with Crippen LogP contribution in [0.25, 0.3) is 10.2 Å². The van der Waals surface area contributed by atoms with Crippen LogP contribution in [0.2, 0.25) is 0 Å². The number of aromatic nitrogens is 1. The van der Waals surface area contributed by atoms with Crippen LogP contribution in [-0.2, 0) is 9.53 Å². The molecular formula is C11H12N2O2S. The molecule has 2 rings (SSSR count). The van der Waals surface area contributed by atoms with E-state index >= 15 is 0 Å². The molecule has 84 valence electrons. The van der Waals surface area contributed by atoms with Crippen molar-refractivity contribution in [3.8, 4) is 0 Å². The molecule has 0 fully saturated rings. The average molecular weight is 236 g/mol. The van der Waals surface area contributed by atoms with E-state index in [2.05, 4.69) is 15.0 Å². The molecule has 16 heavy (non-hydrogen) atoms. The van der Waals surface area contributed by atoms with Crippen LogP contribution in [0.4, 0.5) is 5.13 Å². The smallest absolute Gasteiger partial charge is 0.325 e. The van der Waals surface area contributed by atoms with E-state index in [1.165, 1.54) is 24.0 Å². The summed E-state index contributed by atoms with van der Waals surface area (Å²) >= 11 is 1.53. The number of esters is 1. The zero-order valence-corrected chi connectivity index (χ0v) is 9.93. The monoisotopic (exact) mass is 236 g/mol. The molecule has 0 radical (unpaired) electrons. The molecule has 0 unspecified atom stereocenters. The minimum atomic E-state index is -0.296. The maximum Gasteiger partial charge on any atom is 0.325 e. The topological polar surface area (TPSA) is 51.2 Å². The lowest BCUT2D eigenvalue weighted by Crippen LogP contribution is -2.14. The normalized spacial score (nSPS) is 10.4. The second-order valence-electron chi connectivity index (χ2n) is 3.42. The number of carbonyl (C=O) groups excluding carboxylic acids is 1. The van der Waals surface area contributed by atoms with E-state index in [9.17, 15) is 4.79 Å². The summed E-state index contributed by atoms with van der Waals surface area (Å²) in [5.41, 5.74) is 2.13. The van der Waals surface area contributed by atoms with Crippen molar-refractivity contribution in [2.45, 2.75) is 6.92 Å². The SMILES string of the molecule is COC(=O)CNc1nc2cc(C)ccc2s1. The summed E-state index contributed by atoms with van der Waals surface area (Å²) in [6.45, 7) is 2.18. The summed E-state index contributed by atoms with van der Waals surface area (Å²) in [6, 6.07) is 6.10. The lowest BCUT2D eigenvalue weighted by atomic mass is 10.2. The second-order valence-corrected chi connectivity index (χ2v) is 4.45. The molecule has 1 N–H and O–H groups in total. The van der Waals surface area contributed by atoms with E-state index in [1.54, 1.807) is 0 Å². The number of ether oxygens (including phenoxy) is 1. The molecule has 1 aromatic carbocycles. The summed E-state index contributed by atoms with van der Waals surface area (Å²) in [4.78, 5) is 15.3. The van der Waals surface area contributed by atoms with Crippen LogP contribution in [-0.4, -0.2) is 24.6 Å². The highest BCUT2D eigenvalue weighted by Crippen LogP contribution is 2.26. The van der Waals surface area contributed by atoms with Crippen molar-refractivity contribution < 1.29 is 9.53 Å². The van der Waals surface area contributed by atoms with Gasteiger partial charge in [-0.25, -0.2) is 4.98 Å². The summed E-state index contributed by atoms with van der Waals surface area (Å²) in [5.74, 6) is -0.296. The molecule has 0 saturated carbocycles. The molecule has 0 aliphatic carbocycles. The fourth-order valence-electron chi connectivity index (χ4n) is 1.33. The number of hydrogen-bond acceptors (Lipinski definition) is 5. The lowest BCUT2D eigenvalue weighted by molar-refractivity contribution is -0.138. The van der Waals surface area contributed by atoms with Crippen LogP contribution in [0, 0.1) is 6.92 Å². The van der Waals surface area contributed by atoms with Crippen LogP contribution < -0.4 is 5.32 Å². The van der Waals surface area contributed by atoms with Crippen LogP contribution in [0.15, 0.2) is 18.2 Å². The predicted octanol–water partition coefficient (Wildman–Crippen LogP) is 2.19. The van der Waals surface area contributed by atoms with E-state index in [4.69, 9.17) is 0 Å². The summed E-state index contributed by atoms with van der Waals surface area (Å²) in [6.07, 6.45) is 0. The lowest BCUT2D eigenvalue weighted by Gasteiger charge is -1.98. The summed E-state index contributed by atoms with van der Waals surface area (Å²) < 4.78 is 5.65. The highest BCUT2D eigenvalue weighted by atomic mass is 32.1. The number of thiazole rings is 1. The fraction of sp³-hybridized carbons (Fsp3) is 0.273. The number of hydrogen-bond donors (Lipinski definition) is 1. The first kappa shape index (κ1) is 10.9. The van der Waals surface area contributed by atoms with Crippen LogP contribution in [0.5, 0.6) is 0 Å². The van der Waals surface area contributed by atoms with E-state index in [0.717, 1.165) is 15.3 Å². The van der Waals surface area contributed by atoms with Crippen molar-refractivity contribution in [2.24, 2.45) is 0 Å². The maximum absolute atomic E-state index is 10.9. The molecule has 0 spiro atoms. The number of methoxy groups -OCH3 is 1. The largest absolute Gasteiger partial charge is 0.468 e. The van der Waals surface area contributed by atoms with Crippen molar-refractivity contribution in [1.29, 1.82) is 0 Å². The molecule has 2 aromatic rings. The van der Waals surface area contributed by atoms with Gasteiger partial charge in [-0.1, -0.05) is 17.4 Å². The van der Waals surface area contributed by atoms with E-state index in [1.807, 2.05) is 25.1 Å². The number of anilines is 1. The Labute approximate surface area is 97.3 Å². The number of rotatable bonds is 3. The van der Waals surface area contributed by atoms with Gasteiger partial charge in [-0.2, -0.15) is 0 Å². The number of fused-ring (bicyclic) bond motifs is 1. The number of nitrogens with zero attached hydrogens (tertiary/aromatic N) is 1. The molecule has 0 saturated heterocycles. The van der Waals surface area contributed by atoms with Gasteiger partial charge in [0.05, 0.1) is 17.3 Å². The Balaban J connectivity index is 2.16. The van der Waals surface area contributed by atoms with Crippen LogP contribution in [0.3, 0.4) is 0 Å². The molecule has 0 atom stereocenters. The van der Waals surface area contributed by atoms with Gasteiger partial charge in [0.2, 0.25) is 0 Å². The molecule has 0 amide bonds. The van der Waals surface area contributed by atoms with Crippen molar-refractivity contribution in [1.82, 2.24) is 4.98 Å². The predicted molar refractivity (Wildman–Crippen MR) is 64.9 cm³/mol. The standard InChI is InChI=1S/C11H12N2O2S/c1-7-3-4-9-8(5-7)13-11(16-9)12-6-10(14)15-2/h3-5H,6H2,1-2H3,(H,12,13). The van der Waals surface area contributed by atoms with Gasteiger partial charge >= 0.3 is 5.97 Å². The minimum Gasteiger partial charge on any atom is -0.468 e. The molecule has 0 aliphatic heterocycles. The molecule has 1 heterocycles. The van der Waals surface area contributed by atoms with Crippen molar-refractivity contribution in [2.75, 3.05) is 19.0 Å². The van der Waals surface area contributed by atoms with Gasteiger partial charge < -0.3 is 10.1 Å². The highest BCUT2D eigenvalue weighted by molar-refractivity contribution is 7.22. The minimum absolute atomic E-state index is 0.148. The summed E-state index contributed by atoms with van der Waals surface area (Å²) in [7, 11) is 1.37. The molecular weight excluding hydrogens is 224 g/mol. The van der Waals surface area contributed by atoms with Gasteiger partial charge in [-0.3, -0.25) is 4.79 Å². The zero-order chi connectivity index (χ0) is 11.5. The molecule has 5 heteroatoms. The van der Waals surface area contributed by atoms with Crippen molar-refractivity contribution in [3.63, 3.8) is 0 Å². The zero-order valence-electron chi connectivity index (χ0n) is 9.11. The Morgan fingerprint density at radius 3 is 3.12 bits per heavy atom. The van der Waals surface area contributed by atoms with Gasteiger partial charge in [0.25, 0.3) is 0 Å². The average Bonchev–Trinajstić information content (AvgIpc) is 2.67. The van der Waals surface area contributed by atoms with Crippen LogP contribution >= 0.6 is 11.3 Å². The third kappa shape index (κ3) is 2.30. The van der Waals surface area contributed by atoms with Crippen molar-refractivity contribution >= 4 is 32.7 Å². The first-order valence-corrected chi connectivity index (χ1v) is 5.68. The molecule has 0 aliphatic rings. The van der Waals surface area contributed by atoms with Crippen molar-refractivity contribution in [3.05, 3.63) is 23.8 Å². The van der Waals surface area contributed by atoms with Gasteiger partial charge in [-0.05, 0) is 24.6 Å². The van der Waals surface area contributed by atoms with Gasteiger partial charge in [-0.15, -0.1) is 0 Å². The molecule has 1 aromatic heterocycles. The van der Waals surface area contributed by atoms with E-state index in [0.29, 0.717) is 0 Å². The van der Waals surface area contributed by atoms with Gasteiger partial charge in [0.15, 0.2) is 5.13 Å².